The van der Waals surface area contributed by atoms with Crippen LogP contribution in [0.1, 0.15) is 63.4 Å². The van der Waals surface area contributed by atoms with Crippen molar-refractivity contribution >= 4 is 5.91 Å². The summed E-state index contributed by atoms with van der Waals surface area (Å²) in [7, 11) is 0. The minimum atomic E-state index is -0.0318. The van der Waals surface area contributed by atoms with E-state index < -0.39 is 0 Å². The highest BCUT2D eigenvalue weighted by molar-refractivity contribution is 5.81. The first kappa shape index (κ1) is 17.2. The van der Waals surface area contributed by atoms with Crippen LogP contribution in [0.2, 0.25) is 0 Å². The van der Waals surface area contributed by atoms with Crippen LogP contribution in [-0.2, 0) is 4.79 Å². The third kappa shape index (κ3) is 4.47. The monoisotopic (exact) mass is 330 g/mol. The van der Waals surface area contributed by atoms with Gasteiger partial charge in [-0.3, -0.25) is 14.8 Å². The Labute approximate surface area is 144 Å². The number of aromatic nitrogens is 2. The van der Waals surface area contributed by atoms with Crippen molar-refractivity contribution in [3.63, 3.8) is 0 Å². The molecule has 1 aromatic rings. The number of nitrogens with zero attached hydrogens (tertiary/aromatic N) is 2. The molecule has 2 N–H and O–H groups in total. The van der Waals surface area contributed by atoms with E-state index >= 15 is 0 Å². The van der Waals surface area contributed by atoms with Gasteiger partial charge in [0.1, 0.15) is 0 Å². The summed E-state index contributed by atoms with van der Waals surface area (Å²) >= 11 is 0. The Morgan fingerprint density at radius 1 is 1.42 bits per heavy atom. The van der Waals surface area contributed by atoms with Crippen molar-refractivity contribution in [2.24, 2.45) is 0 Å². The lowest BCUT2D eigenvalue weighted by molar-refractivity contribution is -0.126. The molecule has 1 unspecified atom stereocenters. The first-order valence-electron chi connectivity index (χ1n) is 9.42. The summed E-state index contributed by atoms with van der Waals surface area (Å²) in [6, 6.07) is -0.0318. The Bertz CT molecular complexity index is 544. The number of hydrogen-bond acceptors (Lipinski definition) is 3. The standard InChI is InChI=1S/C19H30N4O/c1-15(19(24)20-10-7-16-5-3-2-4-6-16)23-11-8-17(9-12-23)18-13-21-22-14-18/h5,13-15,17H,2-4,6-12H2,1H3,(H,20,24)(H,21,22). The van der Waals surface area contributed by atoms with Crippen LogP contribution < -0.4 is 5.32 Å². The van der Waals surface area contributed by atoms with Crippen LogP contribution >= 0.6 is 0 Å². The molecule has 0 radical (unpaired) electrons. The number of allylic oxidation sites excluding steroid dienone is 1. The lowest BCUT2D eigenvalue weighted by Gasteiger charge is -2.35. The van der Waals surface area contributed by atoms with E-state index in [1.54, 1.807) is 0 Å². The Balaban J connectivity index is 1.38. The fourth-order valence-electron chi connectivity index (χ4n) is 3.90. The normalized spacial score (nSPS) is 21.3. The lowest BCUT2D eigenvalue weighted by Crippen LogP contribution is -2.48. The van der Waals surface area contributed by atoms with Crippen molar-refractivity contribution in [1.82, 2.24) is 20.4 Å². The van der Waals surface area contributed by atoms with Crippen LogP contribution in [0.4, 0.5) is 0 Å². The van der Waals surface area contributed by atoms with Crippen molar-refractivity contribution in [3.05, 3.63) is 29.6 Å². The minimum absolute atomic E-state index is 0.0318. The number of carbonyl (C=O) groups is 1. The van der Waals surface area contributed by atoms with Gasteiger partial charge in [0.05, 0.1) is 12.2 Å². The number of hydrogen-bond donors (Lipinski definition) is 2. The van der Waals surface area contributed by atoms with E-state index in [0.717, 1.165) is 38.9 Å². The molecule has 1 fully saturated rings. The Hall–Kier alpha value is -1.62. The molecular formula is C19H30N4O. The molecule has 1 aliphatic carbocycles. The molecule has 5 nitrogen and oxygen atoms in total. The largest absolute Gasteiger partial charge is 0.354 e. The zero-order valence-corrected chi connectivity index (χ0v) is 14.8. The number of H-pyrrole nitrogens is 1. The Morgan fingerprint density at radius 2 is 2.25 bits per heavy atom. The topological polar surface area (TPSA) is 61.0 Å². The molecule has 2 aliphatic rings. The molecule has 1 atom stereocenters. The highest BCUT2D eigenvalue weighted by atomic mass is 16.2. The molecule has 0 bridgehead atoms. The molecule has 0 saturated carbocycles. The van der Waals surface area contributed by atoms with Crippen molar-refractivity contribution in [2.75, 3.05) is 19.6 Å². The van der Waals surface area contributed by atoms with E-state index in [1.165, 1.54) is 36.8 Å². The molecule has 132 valence electrons. The first-order chi connectivity index (χ1) is 11.7. The summed E-state index contributed by atoms with van der Waals surface area (Å²) in [6.07, 6.45) is 14.6. The van der Waals surface area contributed by atoms with Gasteiger partial charge in [0.15, 0.2) is 0 Å². The van der Waals surface area contributed by atoms with Gasteiger partial charge >= 0.3 is 0 Å². The van der Waals surface area contributed by atoms with Gasteiger partial charge in [-0.2, -0.15) is 5.10 Å². The van der Waals surface area contributed by atoms with Gasteiger partial charge in [-0.05, 0) is 76.4 Å². The van der Waals surface area contributed by atoms with Gasteiger partial charge in [-0.1, -0.05) is 11.6 Å². The quantitative estimate of drug-likeness (QED) is 0.788. The third-order valence-electron chi connectivity index (χ3n) is 5.58. The average molecular weight is 330 g/mol. The molecule has 3 rings (SSSR count). The van der Waals surface area contributed by atoms with Crippen molar-refractivity contribution in [2.45, 2.75) is 63.8 Å². The second kappa shape index (κ2) is 8.47. The zero-order valence-electron chi connectivity index (χ0n) is 14.8. The fraction of sp³-hybridized carbons (Fsp3) is 0.684. The van der Waals surface area contributed by atoms with E-state index in [0.29, 0.717) is 5.92 Å². The molecule has 1 saturated heterocycles. The van der Waals surface area contributed by atoms with E-state index in [-0.39, 0.29) is 11.9 Å². The number of aromatic amines is 1. The van der Waals surface area contributed by atoms with Gasteiger partial charge in [-0.15, -0.1) is 0 Å². The summed E-state index contributed by atoms with van der Waals surface area (Å²) in [5, 5.41) is 10.1. The van der Waals surface area contributed by atoms with Crippen molar-refractivity contribution in [1.29, 1.82) is 0 Å². The molecule has 1 amide bonds. The summed E-state index contributed by atoms with van der Waals surface area (Å²) in [4.78, 5) is 14.7. The molecule has 2 heterocycles. The maximum absolute atomic E-state index is 12.4. The maximum Gasteiger partial charge on any atom is 0.237 e. The molecule has 0 aromatic carbocycles. The van der Waals surface area contributed by atoms with Gasteiger partial charge in [0.25, 0.3) is 0 Å². The van der Waals surface area contributed by atoms with Crippen LogP contribution in [0.15, 0.2) is 24.0 Å². The lowest BCUT2D eigenvalue weighted by atomic mass is 9.91. The average Bonchev–Trinajstić information content (AvgIpc) is 3.17. The van der Waals surface area contributed by atoms with E-state index in [4.69, 9.17) is 0 Å². The van der Waals surface area contributed by atoms with Gasteiger partial charge in [-0.25, -0.2) is 0 Å². The number of likely N-dealkylation sites (tertiary alicyclic amines) is 1. The molecular weight excluding hydrogens is 300 g/mol. The third-order valence-corrected chi connectivity index (χ3v) is 5.58. The van der Waals surface area contributed by atoms with Crippen LogP contribution in [0.5, 0.6) is 0 Å². The number of nitrogens with one attached hydrogen (secondary N) is 2. The van der Waals surface area contributed by atoms with Crippen LogP contribution in [0.3, 0.4) is 0 Å². The Kier molecular flexibility index (Phi) is 6.07. The van der Waals surface area contributed by atoms with Gasteiger partial charge in [0.2, 0.25) is 5.91 Å². The number of piperidine rings is 1. The summed E-state index contributed by atoms with van der Waals surface area (Å²) < 4.78 is 0. The minimum Gasteiger partial charge on any atom is -0.354 e. The number of rotatable bonds is 6. The van der Waals surface area contributed by atoms with Gasteiger partial charge in [0, 0.05) is 12.7 Å². The summed E-state index contributed by atoms with van der Waals surface area (Å²) in [5.74, 6) is 0.752. The molecule has 0 spiro atoms. The smallest absolute Gasteiger partial charge is 0.237 e. The van der Waals surface area contributed by atoms with Crippen molar-refractivity contribution < 1.29 is 4.79 Å². The van der Waals surface area contributed by atoms with Gasteiger partial charge < -0.3 is 5.32 Å². The SMILES string of the molecule is CC(C(=O)NCCC1=CCCCC1)N1CCC(c2cn[nH]c2)CC1. The molecule has 1 aromatic heterocycles. The van der Waals surface area contributed by atoms with E-state index in [2.05, 4.69) is 26.5 Å². The maximum atomic E-state index is 12.4. The van der Waals surface area contributed by atoms with Crippen molar-refractivity contribution in [3.8, 4) is 0 Å². The summed E-state index contributed by atoms with van der Waals surface area (Å²) in [6.45, 7) is 4.78. The second-order valence-electron chi connectivity index (χ2n) is 7.17. The molecule has 5 heteroatoms. The predicted octanol–water partition coefficient (Wildman–Crippen LogP) is 2.98. The number of carbonyl (C=O) groups excluding carboxylic acids is 1. The van der Waals surface area contributed by atoms with Crippen LogP contribution in [0, 0.1) is 0 Å². The van der Waals surface area contributed by atoms with Crippen LogP contribution in [-0.4, -0.2) is 46.7 Å². The van der Waals surface area contributed by atoms with Crippen LogP contribution in [0.25, 0.3) is 0 Å². The molecule has 24 heavy (non-hydrogen) atoms. The highest BCUT2D eigenvalue weighted by Crippen LogP contribution is 2.28. The summed E-state index contributed by atoms with van der Waals surface area (Å²) in [5.41, 5.74) is 2.82. The fourth-order valence-corrected chi connectivity index (χ4v) is 3.90. The van der Waals surface area contributed by atoms with E-state index in [1.807, 2.05) is 19.3 Å². The Morgan fingerprint density at radius 3 is 2.92 bits per heavy atom. The molecule has 1 aliphatic heterocycles. The second-order valence-corrected chi connectivity index (χ2v) is 7.17. The first-order valence-corrected chi connectivity index (χ1v) is 9.42. The number of amides is 1. The van der Waals surface area contributed by atoms with E-state index in [9.17, 15) is 4.79 Å². The predicted molar refractivity (Wildman–Crippen MR) is 95.8 cm³/mol. The highest BCUT2D eigenvalue weighted by Gasteiger charge is 2.27. The zero-order chi connectivity index (χ0) is 16.8.